The van der Waals surface area contributed by atoms with E-state index in [9.17, 15) is 14.1 Å². The summed E-state index contributed by atoms with van der Waals surface area (Å²) in [6.45, 7) is 2.33. The number of ether oxygens (including phenoxy) is 2. The first-order valence-electron chi connectivity index (χ1n) is 14.2. The molecular weight excluding hydrogens is 554 g/mol. The van der Waals surface area contributed by atoms with E-state index in [0.29, 0.717) is 54.0 Å². The number of nitrogens with two attached hydrogens (primary N) is 1. The third-order valence-electron chi connectivity index (χ3n) is 8.14. The molecule has 1 unspecified atom stereocenters. The van der Waals surface area contributed by atoms with Crippen molar-refractivity contribution in [2.75, 3.05) is 40.0 Å². The van der Waals surface area contributed by atoms with E-state index in [-0.39, 0.29) is 30.5 Å². The van der Waals surface area contributed by atoms with E-state index in [0.717, 1.165) is 36.8 Å². The van der Waals surface area contributed by atoms with Crippen molar-refractivity contribution in [1.82, 2.24) is 14.5 Å². The fraction of sp³-hybridized carbons (Fsp3) is 0.452. The molecule has 11 heteroatoms. The van der Waals surface area contributed by atoms with Crippen LogP contribution in [0.15, 0.2) is 59.2 Å². The van der Waals surface area contributed by atoms with Crippen LogP contribution >= 0.6 is 0 Å². The number of hydrogen-bond acceptors (Lipinski definition) is 8. The Morgan fingerprint density at radius 2 is 1.93 bits per heavy atom. The van der Waals surface area contributed by atoms with Crippen LogP contribution in [-0.4, -0.2) is 76.9 Å². The summed E-state index contributed by atoms with van der Waals surface area (Å²) in [6, 6.07) is 13.0. The van der Waals surface area contributed by atoms with Gasteiger partial charge in [0.1, 0.15) is 18.6 Å². The highest BCUT2D eigenvalue weighted by Gasteiger charge is 2.56. The van der Waals surface area contributed by atoms with Gasteiger partial charge in [-0.2, -0.15) is 0 Å². The molecule has 42 heavy (non-hydrogen) atoms. The topological polar surface area (TPSA) is 133 Å². The number of hydrogen-bond donors (Lipinski definition) is 2. The number of nitrogens with zero attached hydrogens (tertiary/aromatic N) is 3. The van der Waals surface area contributed by atoms with Gasteiger partial charge in [-0.1, -0.05) is 24.3 Å². The van der Waals surface area contributed by atoms with Crippen molar-refractivity contribution >= 4 is 28.9 Å². The predicted molar refractivity (Wildman–Crippen MR) is 163 cm³/mol. The molecular formula is C31H39N5O5S. The molecule has 2 saturated carbocycles. The second-order valence-electron chi connectivity index (χ2n) is 11.1. The van der Waals surface area contributed by atoms with Gasteiger partial charge in [-0.25, -0.2) is 0 Å². The maximum absolute atomic E-state index is 13.2. The van der Waals surface area contributed by atoms with E-state index in [1.54, 1.807) is 26.5 Å². The second kappa shape index (κ2) is 12.8. The molecule has 1 saturated heterocycles. The zero-order chi connectivity index (χ0) is 29.9. The number of amides is 2. The number of allylic oxidation sites excluding steroid dienone is 1. The SMILES string of the molecule is CN=C(C=C(N)C1CC1)C(=O)NCc1cccc(OCc2ccc(C(=O)N3CCN([S+](C)[O-])C4(CC4)C3)cc2)c1OC. The minimum absolute atomic E-state index is 0.00584. The molecule has 2 aliphatic carbocycles. The average molecular weight is 594 g/mol. The molecule has 1 spiro atoms. The lowest BCUT2D eigenvalue weighted by molar-refractivity contribution is -0.114. The van der Waals surface area contributed by atoms with E-state index in [2.05, 4.69) is 10.3 Å². The zero-order valence-electron chi connectivity index (χ0n) is 24.4. The number of carbonyl (C=O) groups excluding carboxylic acids is 2. The molecule has 2 amide bonds. The van der Waals surface area contributed by atoms with Gasteiger partial charge < -0.3 is 30.0 Å². The lowest BCUT2D eigenvalue weighted by Crippen LogP contribution is -2.57. The normalized spacial score (nSPS) is 19.4. The summed E-state index contributed by atoms with van der Waals surface area (Å²) in [4.78, 5) is 31.9. The highest BCUT2D eigenvalue weighted by atomic mass is 32.2. The average Bonchev–Trinajstić information content (AvgIpc) is 3.94. The molecule has 3 N–H and O–H groups in total. The summed E-state index contributed by atoms with van der Waals surface area (Å²) < 4.78 is 25.9. The molecule has 224 valence electrons. The van der Waals surface area contributed by atoms with Crippen LogP contribution in [0, 0.1) is 5.92 Å². The Bertz CT molecular complexity index is 1370. The van der Waals surface area contributed by atoms with E-state index in [4.69, 9.17) is 15.2 Å². The second-order valence-corrected chi connectivity index (χ2v) is 12.4. The quantitative estimate of drug-likeness (QED) is 0.302. The highest BCUT2D eigenvalue weighted by molar-refractivity contribution is 7.88. The number of aliphatic imine (C=N–C) groups is 1. The Hall–Kier alpha value is -3.54. The monoisotopic (exact) mass is 593 g/mol. The summed E-state index contributed by atoms with van der Waals surface area (Å²) in [5, 5.41) is 2.89. The number of carbonyl (C=O) groups is 2. The smallest absolute Gasteiger partial charge is 0.269 e. The van der Waals surface area contributed by atoms with Crippen molar-refractivity contribution in [3.8, 4) is 11.5 Å². The Morgan fingerprint density at radius 3 is 2.55 bits per heavy atom. The summed E-state index contributed by atoms with van der Waals surface area (Å²) in [5.74, 6) is 1.12. The molecule has 3 fully saturated rings. The zero-order valence-corrected chi connectivity index (χ0v) is 25.2. The largest absolute Gasteiger partial charge is 0.598 e. The fourth-order valence-corrected chi connectivity index (χ4v) is 6.54. The molecule has 0 bridgehead atoms. The van der Waals surface area contributed by atoms with Crippen LogP contribution in [0.1, 0.15) is 47.2 Å². The van der Waals surface area contributed by atoms with Crippen molar-refractivity contribution in [3.05, 3.63) is 70.9 Å². The summed E-state index contributed by atoms with van der Waals surface area (Å²) in [6.07, 6.45) is 7.42. The van der Waals surface area contributed by atoms with Crippen LogP contribution < -0.4 is 20.5 Å². The van der Waals surface area contributed by atoms with E-state index in [1.165, 1.54) is 0 Å². The van der Waals surface area contributed by atoms with E-state index >= 15 is 0 Å². The highest BCUT2D eigenvalue weighted by Crippen LogP contribution is 2.45. The molecule has 10 nitrogen and oxygen atoms in total. The van der Waals surface area contributed by atoms with Gasteiger partial charge in [-0.15, -0.1) is 4.31 Å². The van der Waals surface area contributed by atoms with Gasteiger partial charge >= 0.3 is 0 Å². The van der Waals surface area contributed by atoms with Crippen LogP contribution in [0.3, 0.4) is 0 Å². The minimum Gasteiger partial charge on any atom is -0.598 e. The minimum atomic E-state index is -1.02. The fourth-order valence-electron chi connectivity index (χ4n) is 5.41. The molecule has 2 aromatic carbocycles. The molecule has 1 aliphatic heterocycles. The standard InChI is InChI=1S/C31H39N5O5S/c1-33-26(17-25(32)22-11-12-22)29(37)34-18-24-5-4-6-27(28(24)40-2)41-19-21-7-9-23(10-8-21)30(38)35-15-16-36(42(3)39)31(20-35)13-14-31/h4-10,17,22H,11-16,18-20,32H2,1-3H3,(H,34,37). The summed E-state index contributed by atoms with van der Waals surface area (Å²) in [7, 11) is 3.14. The maximum atomic E-state index is 13.2. The summed E-state index contributed by atoms with van der Waals surface area (Å²) >= 11 is -1.02. The number of nitrogens with one attached hydrogen (secondary N) is 1. The van der Waals surface area contributed by atoms with Gasteiger partial charge in [0.25, 0.3) is 11.8 Å². The molecule has 5 rings (SSSR count). The van der Waals surface area contributed by atoms with Gasteiger partial charge in [0, 0.05) is 54.9 Å². The van der Waals surface area contributed by atoms with Gasteiger partial charge in [-0.05, 0) is 61.4 Å². The Morgan fingerprint density at radius 1 is 1.19 bits per heavy atom. The van der Waals surface area contributed by atoms with Crippen molar-refractivity contribution in [2.24, 2.45) is 16.6 Å². The number of piperazine rings is 1. The Kier molecular flexibility index (Phi) is 9.10. The summed E-state index contributed by atoms with van der Waals surface area (Å²) in [5.41, 5.74) is 9.22. The van der Waals surface area contributed by atoms with E-state index < -0.39 is 11.4 Å². The van der Waals surface area contributed by atoms with Crippen LogP contribution in [0.4, 0.5) is 0 Å². The number of benzene rings is 2. The lowest BCUT2D eigenvalue weighted by atomic mass is 10.1. The molecule has 2 aromatic rings. The van der Waals surface area contributed by atoms with Gasteiger partial charge in [0.05, 0.1) is 19.2 Å². The molecule has 1 atom stereocenters. The number of rotatable bonds is 11. The van der Waals surface area contributed by atoms with Crippen molar-refractivity contribution in [2.45, 2.75) is 44.4 Å². The first-order valence-corrected chi connectivity index (χ1v) is 15.8. The molecule has 0 aromatic heterocycles. The van der Waals surface area contributed by atoms with Crippen LogP contribution in [0.5, 0.6) is 11.5 Å². The third-order valence-corrected chi connectivity index (χ3v) is 9.33. The van der Waals surface area contributed by atoms with Crippen LogP contribution in [0.25, 0.3) is 0 Å². The molecule has 1 heterocycles. The van der Waals surface area contributed by atoms with Gasteiger partial charge in [-0.3, -0.25) is 14.6 Å². The van der Waals surface area contributed by atoms with Crippen molar-refractivity contribution < 1.29 is 23.6 Å². The first-order chi connectivity index (χ1) is 20.2. The predicted octanol–water partition coefficient (Wildman–Crippen LogP) is 2.80. The van der Waals surface area contributed by atoms with Crippen molar-refractivity contribution in [1.29, 1.82) is 0 Å². The first kappa shape index (κ1) is 29.9. The van der Waals surface area contributed by atoms with Gasteiger partial charge in [0.15, 0.2) is 11.5 Å². The molecule has 0 radical (unpaired) electrons. The number of methoxy groups -OCH3 is 1. The molecule has 3 aliphatic rings. The number of para-hydroxylation sites is 1. The maximum Gasteiger partial charge on any atom is 0.269 e. The van der Waals surface area contributed by atoms with E-state index in [1.807, 2.05) is 51.7 Å². The Labute approximate surface area is 250 Å². The van der Waals surface area contributed by atoms with Crippen LogP contribution in [-0.2, 0) is 29.3 Å². The van der Waals surface area contributed by atoms with Crippen molar-refractivity contribution in [3.63, 3.8) is 0 Å². The Balaban J connectivity index is 1.17. The lowest BCUT2D eigenvalue weighted by Gasteiger charge is -2.40. The third kappa shape index (κ3) is 6.74. The van der Waals surface area contributed by atoms with Crippen LogP contribution in [0.2, 0.25) is 0 Å². The van der Waals surface area contributed by atoms with Gasteiger partial charge in [0.2, 0.25) is 0 Å².